The van der Waals surface area contributed by atoms with Gasteiger partial charge in [-0.3, -0.25) is 0 Å². The fourth-order valence-corrected chi connectivity index (χ4v) is 3.35. The number of alkyl halides is 3. The predicted molar refractivity (Wildman–Crippen MR) is 71.3 cm³/mol. The molecule has 1 rings (SSSR count). The highest BCUT2D eigenvalue weighted by Crippen LogP contribution is 2.24. The molecular formula is C12H16ClF2NO2S. The van der Waals surface area contributed by atoms with E-state index in [0.717, 1.165) is 12.6 Å². The van der Waals surface area contributed by atoms with E-state index in [4.69, 9.17) is 11.6 Å². The van der Waals surface area contributed by atoms with E-state index in [1.165, 1.54) is 6.07 Å². The smallest absolute Gasteiger partial charge is 0.209 e. The van der Waals surface area contributed by atoms with Gasteiger partial charge in [0.2, 0.25) is 10.0 Å². The van der Waals surface area contributed by atoms with E-state index in [2.05, 4.69) is 0 Å². The molecule has 0 aliphatic heterocycles. The highest BCUT2D eigenvalue weighted by molar-refractivity contribution is 7.89. The number of rotatable bonds is 5. The fourth-order valence-electron chi connectivity index (χ4n) is 1.70. The third-order valence-electron chi connectivity index (χ3n) is 2.92. The van der Waals surface area contributed by atoms with Crippen LogP contribution in [0.2, 0.25) is 0 Å². The van der Waals surface area contributed by atoms with Crippen molar-refractivity contribution in [1.82, 2.24) is 4.31 Å². The highest BCUT2D eigenvalue weighted by Gasteiger charge is 2.26. The van der Waals surface area contributed by atoms with Gasteiger partial charge in [0, 0.05) is 12.9 Å². The van der Waals surface area contributed by atoms with Gasteiger partial charge in [0.25, 0.3) is 6.43 Å². The van der Waals surface area contributed by atoms with Gasteiger partial charge in [0.05, 0.1) is 11.4 Å². The number of hydrogen-bond donors (Lipinski definition) is 0. The van der Waals surface area contributed by atoms with Gasteiger partial charge in [-0.2, -0.15) is 4.31 Å². The van der Waals surface area contributed by atoms with Crippen LogP contribution >= 0.6 is 11.6 Å². The van der Waals surface area contributed by atoms with Crippen molar-refractivity contribution in [2.45, 2.75) is 31.0 Å². The van der Waals surface area contributed by atoms with Gasteiger partial charge in [-0.1, -0.05) is 6.07 Å². The average molecular weight is 312 g/mol. The monoisotopic (exact) mass is 311 g/mol. The van der Waals surface area contributed by atoms with Crippen LogP contribution in [-0.4, -0.2) is 32.7 Å². The van der Waals surface area contributed by atoms with E-state index in [1.807, 2.05) is 0 Å². The highest BCUT2D eigenvalue weighted by atomic mass is 35.5. The largest absolute Gasteiger partial charge is 0.252 e. The molecule has 3 nitrogen and oxygen atoms in total. The zero-order valence-corrected chi connectivity index (χ0v) is 12.5. The molecule has 0 fully saturated rings. The summed E-state index contributed by atoms with van der Waals surface area (Å²) in [5, 5.41) is 0. The van der Waals surface area contributed by atoms with Crippen molar-refractivity contribution < 1.29 is 17.2 Å². The molecule has 1 aromatic carbocycles. The quantitative estimate of drug-likeness (QED) is 0.784. The van der Waals surface area contributed by atoms with Crippen molar-refractivity contribution in [2.75, 3.05) is 13.6 Å². The van der Waals surface area contributed by atoms with E-state index < -0.39 is 23.0 Å². The Morgan fingerprint density at radius 3 is 2.37 bits per heavy atom. The Labute approximate surface area is 117 Å². The molecular weight excluding hydrogens is 296 g/mol. The number of halogens is 3. The third-order valence-corrected chi connectivity index (χ3v) is 5.18. The Morgan fingerprint density at radius 1 is 1.32 bits per heavy atom. The van der Waals surface area contributed by atoms with Crippen LogP contribution in [0.1, 0.15) is 16.7 Å². The summed E-state index contributed by atoms with van der Waals surface area (Å²) in [7, 11) is -2.78. The minimum Gasteiger partial charge on any atom is -0.209 e. The van der Waals surface area contributed by atoms with Crippen molar-refractivity contribution in [3.8, 4) is 0 Å². The predicted octanol–water partition coefficient (Wildman–Crippen LogP) is 2.93. The standard InChI is InChI=1S/C12H16ClF2NO2S/c1-8-4-10(6-13)5-11(9(8)2)19(17,18)16(3)7-12(14)15/h4-5,12H,6-7H2,1-3H3. The van der Waals surface area contributed by atoms with E-state index in [-0.39, 0.29) is 10.8 Å². The van der Waals surface area contributed by atoms with Crippen LogP contribution < -0.4 is 0 Å². The van der Waals surface area contributed by atoms with Crippen LogP contribution in [0.3, 0.4) is 0 Å². The number of hydrogen-bond acceptors (Lipinski definition) is 2. The van der Waals surface area contributed by atoms with E-state index in [9.17, 15) is 17.2 Å². The lowest BCUT2D eigenvalue weighted by Gasteiger charge is -2.19. The van der Waals surface area contributed by atoms with Gasteiger partial charge >= 0.3 is 0 Å². The fraction of sp³-hybridized carbons (Fsp3) is 0.500. The summed E-state index contributed by atoms with van der Waals surface area (Å²) in [5.41, 5.74) is 1.96. The molecule has 0 spiro atoms. The van der Waals surface area contributed by atoms with Crippen LogP contribution in [0.5, 0.6) is 0 Å². The average Bonchev–Trinajstić information content (AvgIpc) is 2.31. The van der Waals surface area contributed by atoms with Gasteiger partial charge < -0.3 is 0 Å². The SMILES string of the molecule is Cc1cc(CCl)cc(S(=O)(=O)N(C)CC(F)F)c1C. The first-order chi connectivity index (χ1) is 8.70. The van der Waals surface area contributed by atoms with Crippen molar-refractivity contribution in [2.24, 2.45) is 0 Å². The van der Waals surface area contributed by atoms with Crippen LogP contribution in [0, 0.1) is 13.8 Å². The number of aryl methyl sites for hydroxylation is 1. The van der Waals surface area contributed by atoms with Crippen molar-refractivity contribution in [3.05, 3.63) is 28.8 Å². The zero-order valence-electron chi connectivity index (χ0n) is 11.0. The molecule has 0 atom stereocenters. The van der Waals surface area contributed by atoms with Crippen LogP contribution in [0.15, 0.2) is 17.0 Å². The van der Waals surface area contributed by atoms with E-state index >= 15 is 0 Å². The molecule has 0 radical (unpaired) electrons. The normalized spacial score (nSPS) is 12.4. The summed E-state index contributed by atoms with van der Waals surface area (Å²) in [6.07, 6.45) is -2.71. The second kappa shape index (κ2) is 6.15. The zero-order chi connectivity index (χ0) is 14.8. The maximum absolute atomic E-state index is 12.3. The number of sulfonamides is 1. The number of benzene rings is 1. The van der Waals surface area contributed by atoms with Gasteiger partial charge in [-0.15, -0.1) is 11.6 Å². The molecule has 0 heterocycles. The van der Waals surface area contributed by atoms with Crippen LogP contribution in [-0.2, 0) is 15.9 Å². The summed E-state index contributed by atoms with van der Waals surface area (Å²) in [4.78, 5) is 0.0336. The Hall–Kier alpha value is -0.720. The topological polar surface area (TPSA) is 37.4 Å². The lowest BCUT2D eigenvalue weighted by molar-refractivity contribution is 0.126. The first kappa shape index (κ1) is 16.3. The van der Waals surface area contributed by atoms with Gasteiger partial charge in [0.1, 0.15) is 0 Å². The van der Waals surface area contributed by atoms with E-state index in [1.54, 1.807) is 19.9 Å². The maximum Gasteiger partial charge on any atom is 0.252 e. The third kappa shape index (κ3) is 3.64. The molecule has 19 heavy (non-hydrogen) atoms. The molecule has 108 valence electrons. The van der Waals surface area contributed by atoms with Crippen LogP contribution in [0.4, 0.5) is 8.78 Å². The summed E-state index contributed by atoms with van der Waals surface area (Å²) >= 11 is 5.71. The molecule has 0 amide bonds. The minimum absolute atomic E-state index is 0.0336. The van der Waals surface area contributed by atoms with Gasteiger partial charge in [-0.25, -0.2) is 17.2 Å². The molecule has 0 N–H and O–H groups in total. The maximum atomic E-state index is 12.3. The number of nitrogens with zero attached hydrogens (tertiary/aromatic N) is 1. The summed E-state index contributed by atoms with van der Waals surface area (Å²) in [6, 6.07) is 3.22. The van der Waals surface area contributed by atoms with E-state index in [0.29, 0.717) is 15.4 Å². The first-order valence-corrected chi connectivity index (χ1v) is 7.58. The second-order valence-electron chi connectivity index (χ2n) is 4.35. The van der Waals surface area contributed by atoms with Gasteiger partial charge in [0.15, 0.2) is 0 Å². The lowest BCUT2D eigenvalue weighted by Crippen LogP contribution is -2.32. The van der Waals surface area contributed by atoms with Gasteiger partial charge in [-0.05, 0) is 36.6 Å². The molecule has 0 saturated carbocycles. The van der Waals surface area contributed by atoms with Crippen molar-refractivity contribution in [1.29, 1.82) is 0 Å². The molecule has 0 unspecified atom stereocenters. The lowest BCUT2D eigenvalue weighted by atomic mass is 10.1. The van der Waals surface area contributed by atoms with Crippen LogP contribution in [0.25, 0.3) is 0 Å². The summed E-state index contributed by atoms with van der Waals surface area (Å²) in [6.45, 7) is 2.58. The first-order valence-electron chi connectivity index (χ1n) is 5.60. The Kier molecular flexibility index (Phi) is 5.29. The molecule has 0 aromatic heterocycles. The Morgan fingerprint density at radius 2 is 1.89 bits per heavy atom. The summed E-state index contributed by atoms with van der Waals surface area (Å²) < 4.78 is 49.8. The Balaban J connectivity index is 3.32. The molecule has 0 aliphatic carbocycles. The molecule has 0 aliphatic rings. The second-order valence-corrected chi connectivity index (χ2v) is 6.63. The Bertz CT molecular complexity index is 561. The van der Waals surface area contributed by atoms with Crippen molar-refractivity contribution in [3.63, 3.8) is 0 Å². The summed E-state index contributed by atoms with van der Waals surface area (Å²) in [5.74, 6) is 0.169. The molecule has 0 saturated heterocycles. The molecule has 7 heteroatoms. The molecule has 1 aromatic rings. The van der Waals surface area contributed by atoms with Crippen molar-refractivity contribution >= 4 is 21.6 Å². The minimum atomic E-state index is -3.93. The molecule has 0 bridgehead atoms.